The minimum absolute atomic E-state index is 0.271. The smallest absolute Gasteiger partial charge is 0.182 e. The van der Waals surface area contributed by atoms with Crippen LogP contribution in [0.5, 0.6) is 0 Å². The van der Waals surface area contributed by atoms with Crippen LogP contribution in [-0.4, -0.2) is 10.8 Å². The molecule has 0 atom stereocenters. The molecule has 1 aromatic rings. The Morgan fingerprint density at radius 2 is 2.13 bits per heavy atom. The second-order valence-electron chi connectivity index (χ2n) is 4.66. The number of rotatable bonds is 2. The molecule has 3 rings (SSSR count). The minimum atomic E-state index is 0.271. The van der Waals surface area contributed by atoms with E-state index in [2.05, 4.69) is 4.98 Å². The summed E-state index contributed by atoms with van der Waals surface area (Å²) in [6, 6.07) is 0. The number of aromatic nitrogens is 1. The first-order valence-corrected chi connectivity index (χ1v) is 6.66. The molecule has 0 N–H and O–H groups in total. The predicted octanol–water partition coefficient (Wildman–Crippen LogP) is 3.00. The van der Waals surface area contributed by atoms with Gasteiger partial charge >= 0.3 is 0 Å². The maximum absolute atomic E-state index is 11.6. The number of ketones is 1. The lowest BCUT2D eigenvalue weighted by Crippen LogP contribution is -2.13. The van der Waals surface area contributed by atoms with Crippen LogP contribution in [0.15, 0.2) is 0 Å². The van der Waals surface area contributed by atoms with Crippen molar-refractivity contribution in [1.82, 2.24) is 4.98 Å². The zero-order valence-corrected chi connectivity index (χ0v) is 9.61. The van der Waals surface area contributed by atoms with Crippen molar-refractivity contribution in [2.75, 3.05) is 0 Å². The second kappa shape index (κ2) is 3.71. The van der Waals surface area contributed by atoms with E-state index in [1.165, 1.54) is 29.1 Å². The molecule has 1 saturated carbocycles. The van der Waals surface area contributed by atoms with E-state index in [1.807, 2.05) is 0 Å². The number of fused-ring (bicyclic) bond motifs is 1. The number of thiazole rings is 1. The molecule has 0 saturated heterocycles. The van der Waals surface area contributed by atoms with Crippen LogP contribution in [0.2, 0.25) is 0 Å². The summed E-state index contributed by atoms with van der Waals surface area (Å²) in [5.74, 6) is 1.13. The quantitative estimate of drug-likeness (QED) is 0.768. The zero-order chi connectivity index (χ0) is 10.3. The van der Waals surface area contributed by atoms with Crippen LogP contribution in [0.25, 0.3) is 0 Å². The highest BCUT2D eigenvalue weighted by atomic mass is 32.1. The van der Waals surface area contributed by atoms with Gasteiger partial charge in [-0.3, -0.25) is 4.79 Å². The van der Waals surface area contributed by atoms with Crippen LogP contribution in [-0.2, 0) is 12.8 Å². The Kier molecular flexibility index (Phi) is 2.35. The molecule has 0 radical (unpaired) electrons. The van der Waals surface area contributed by atoms with Crippen molar-refractivity contribution in [1.29, 1.82) is 0 Å². The number of carbonyl (C=O) groups is 1. The Hall–Kier alpha value is -0.700. The molecule has 1 aromatic heterocycles. The third-order valence-electron chi connectivity index (χ3n) is 3.50. The van der Waals surface area contributed by atoms with Gasteiger partial charge in [-0.2, -0.15) is 0 Å². The lowest BCUT2D eigenvalue weighted by Gasteiger charge is -2.23. The van der Waals surface area contributed by atoms with E-state index in [0.29, 0.717) is 6.42 Å². The topological polar surface area (TPSA) is 30.0 Å². The van der Waals surface area contributed by atoms with Gasteiger partial charge in [0.05, 0.1) is 5.01 Å². The maximum atomic E-state index is 11.6. The number of aryl methyl sites for hydroxylation is 1. The van der Waals surface area contributed by atoms with E-state index in [0.717, 1.165) is 30.9 Å². The number of nitrogens with zero attached hydrogens (tertiary/aromatic N) is 1. The molecule has 2 aliphatic rings. The van der Waals surface area contributed by atoms with Gasteiger partial charge in [0.2, 0.25) is 0 Å². The molecule has 3 heteroatoms. The fraction of sp³-hybridized carbons (Fsp3) is 0.667. The van der Waals surface area contributed by atoms with E-state index < -0.39 is 0 Å². The average Bonchev–Trinajstić information content (AvgIpc) is 2.56. The molecule has 80 valence electrons. The van der Waals surface area contributed by atoms with Crippen LogP contribution in [0.4, 0.5) is 0 Å². The van der Waals surface area contributed by atoms with Crippen LogP contribution in [0.1, 0.15) is 52.5 Å². The standard InChI is InChI=1S/C12H15NOS/c14-9-5-2-6-10-12(9)13-11(15-10)7-8-3-1-4-8/h8H,1-7H2. The molecule has 0 aromatic carbocycles. The van der Waals surface area contributed by atoms with Gasteiger partial charge in [0, 0.05) is 17.7 Å². The normalized spacial score (nSPS) is 21.2. The van der Waals surface area contributed by atoms with E-state index in [1.54, 1.807) is 11.3 Å². The molecule has 2 aliphatic carbocycles. The summed E-state index contributed by atoms with van der Waals surface area (Å²) in [5.41, 5.74) is 0.806. The summed E-state index contributed by atoms with van der Waals surface area (Å²) >= 11 is 1.78. The van der Waals surface area contributed by atoms with E-state index in [9.17, 15) is 4.79 Å². The first-order chi connectivity index (χ1) is 7.33. The zero-order valence-electron chi connectivity index (χ0n) is 8.79. The Labute approximate surface area is 93.7 Å². The molecule has 0 bridgehead atoms. The molecule has 0 aliphatic heterocycles. The molecule has 0 spiro atoms. The van der Waals surface area contributed by atoms with E-state index in [-0.39, 0.29) is 5.78 Å². The summed E-state index contributed by atoms with van der Waals surface area (Å²) in [6.45, 7) is 0. The largest absolute Gasteiger partial charge is 0.292 e. The first-order valence-electron chi connectivity index (χ1n) is 5.84. The Morgan fingerprint density at radius 3 is 2.80 bits per heavy atom. The van der Waals surface area contributed by atoms with Gasteiger partial charge in [-0.25, -0.2) is 4.98 Å². The number of hydrogen-bond donors (Lipinski definition) is 0. The van der Waals surface area contributed by atoms with Crippen LogP contribution >= 0.6 is 11.3 Å². The van der Waals surface area contributed by atoms with Crippen molar-refractivity contribution in [3.8, 4) is 0 Å². The molecular formula is C12H15NOS. The fourth-order valence-electron chi connectivity index (χ4n) is 2.35. The molecule has 2 nitrogen and oxygen atoms in total. The number of hydrogen-bond acceptors (Lipinski definition) is 3. The van der Waals surface area contributed by atoms with Crippen molar-refractivity contribution in [2.45, 2.75) is 44.9 Å². The SMILES string of the molecule is O=C1CCCc2sc(CC3CCC3)nc21. The number of carbonyl (C=O) groups excluding carboxylic acids is 1. The van der Waals surface area contributed by atoms with Crippen molar-refractivity contribution in [2.24, 2.45) is 5.92 Å². The summed E-state index contributed by atoms with van der Waals surface area (Å²) in [7, 11) is 0. The Morgan fingerprint density at radius 1 is 1.27 bits per heavy atom. The first kappa shape index (κ1) is 9.52. The fourth-order valence-corrected chi connectivity index (χ4v) is 3.59. The maximum Gasteiger partial charge on any atom is 0.182 e. The highest BCUT2D eigenvalue weighted by molar-refractivity contribution is 7.12. The van der Waals surface area contributed by atoms with Crippen LogP contribution < -0.4 is 0 Å². The monoisotopic (exact) mass is 221 g/mol. The van der Waals surface area contributed by atoms with Gasteiger partial charge in [-0.15, -0.1) is 11.3 Å². The molecule has 0 unspecified atom stereocenters. The van der Waals surface area contributed by atoms with Gasteiger partial charge in [-0.05, 0) is 18.8 Å². The Bertz CT molecular complexity index is 392. The molecule has 1 fully saturated rings. The van der Waals surface area contributed by atoms with Crippen molar-refractivity contribution < 1.29 is 4.79 Å². The third-order valence-corrected chi connectivity index (χ3v) is 4.64. The van der Waals surface area contributed by atoms with Gasteiger partial charge < -0.3 is 0 Å². The van der Waals surface area contributed by atoms with Gasteiger partial charge in [0.1, 0.15) is 5.69 Å². The highest BCUT2D eigenvalue weighted by Crippen LogP contribution is 2.33. The van der Waals surface area contributed by atoms with Gasteiger partial charge in [0.15, 0.2) is 5.78 Å². The molecule has 15 heavy (non-hydrogen) atoms. The van der Waals surface area contributed by atoms with Gasteiger partial charge in [0.25, 0.3) is 0 Å². The van der Waals surface area contributed by atoms with E-state index >= 15 is 0 Å². The van der Waals surface area contributed by atoms with E-state index in [4.69, 9.17) is 0 Å². The Balaban J connectivity index is 1.81. The van der Waals surface area contributed by atoms with Crippen LogP contribution in [0, 0.1) is 5.92 Å². The summed E-state index contributed by atoms with van der Waals surface area (Å²) < 4.78 is 0. The second-order valence-corrected chi connectivity index (χ2v) is 5.83. The predicted molar refractivity (Wildman–Crippen MR) is 60.4 cm³/mol. The highest BCUT2D eigenvalue weighted by Gasteiger charge is 2.24. The van der Waals surface area contributed by atoms with Gasteiger partial charge in [-0.1, -0.05) is 19.3 Å². The lowest BCUT2D eigenvalue weighted by atomic mass is 9.83. The molecular weight excluding hydrogens is 206 g/mol. The average molecular weight is 221 g/mol. The summed E-state index contributed by atoms with van der Waals surface area (Å²) in [6.07, 6.45) is 8.02. The summed E-state index contributed by atoms with van der Waals surface area (Å²) in [5, 5.41) is 1.21. The third kappa shape index (κ3) is 1.73. The number of Topliss-reactive ketones (excluding diaryl/α,β-unsaturated/α-hetero) is 1. The summed E-state index contributed by atoms with van der Waals surface area (Å²) in [4.78, 5) is 17.4. The lowest BCUT2D eigenvalue weighted by molar-refractivity contribution is 0.0968. The molecule has 0 amide bonds. The van der Waals surface area contributed by atoms with Crippen molar-refractivity contribution in [3.63, 3.8) is 0 Å². The van der Waals surface area contributed by atoms with Crippen molar-refractivity contribution >= 4 is 17.1 Å². The van der Waals surface area contributed by atoms with Crippen molar-refractivity contribution in [3.05, 3.63) is 15.6 Å². The molecule has 1 heterocycles. The minimum Gasteiger partial charge on any atom is -0.292 e. The van der Waals surface area contributed by atoms with Crippen LogP contribution in [0.3, 0.4) is 0 Å².